The van der Waals surface area contributed by atoms with Crippen LogP contribution in [-0.4, -0.2) is 30.7 Å². The average molecular weight is 930 g/mol. The lowest BCUT2D eigenvalue weighted by atomic mass is 9.93. The smallest absolute Gasteiger partial charge is 0.193 e. The molecule has 0 saturated heterocycles. The number of carbonyl (C=O) groups is 1. The zero-order valence-corrected chi connectivity index (χ0v) is 41.4. The van der Waals surface area contributed by atoms with Crippen LogP contribution in [0.4, 0.5) is 0 Å². The molecule has 0 unspecified atom stereocenters. The SMILES string of the molecule is CCCCCc1ccc(-c2c3nc(c(-c4ccc(CCCCC)cc4)c4ccc([nH]4)c(-c4ccccc4C(=O)c4ccncc4)c4nc(c(-c5ccc(CCCCC)cc5)c5ccc2[nH]5)C=C4)C=C3)cc1. The van der Waals surface area contributed by atoms with Crippen molar-refractivity contribution in [1.82, 2.24) is 24.9 Å². The normalized spacial score (nSPS) is 11.9. The van der Waals surface area contributed by atoms with Crippen LogP contribution in [0.15, 0.2) is 146 Å². The fourth-order valence-electron chi connectivity index (χ4n) is 10.2. The number of aryl methyl sites for hydroxylation is 3. The first-order valence-corrected chi connectivity index (χ1v) is 26.0. The van der Waals surface area contributed by atoms with E-state index in [1.807, 2.05) is 24.3 Å². The fraction of sp³-hybridized carbons (Fsp3) is 0.231. The number of aromatic amines is 2. The number of H-pyrrole nitrogens is 2. The van der Waals surface area contributed by atoms with E-state index in [1.54, 1.807) is 24.5 Å². The van der Waals surface area contributed by atoms with Crippen LogP contribution in [0.3, 0.4) is 0 Å². The van der Waals surface area contributed by atoms with Crippen molar-refractivity contribution in [3.63, 3.8) is 0 Å². The maximum Gasteiger partial charge on any atom is 0.193 e. The summed E-state index contributed by atoms with van der Waals surface area (Å²) in [6, 6.07) is 47.3. The maximum atomic E-state index is 14.5. The Morgan fingerprint density at radius 1 is 0.408 bits per heavy atom. The Morgan fingerprint density at radius 3 is 1.17 bits per heavy atom. The highest BCUT2D eigenvalue weighted by Gasteiger charge is 2.22. The van der Waals surface area contributed by atoms with E-state index in [1.165, 1.54) is 74.5 Å². The molecule has 6 nitrogen and oxygen atoms in total. The van der Waals surface area contributed by atoms with Crippen LogP contribution >= 0.6 is 0 Å². The first kappa shape index (κ1) is 47.0. The van der Waals surface area contributed by atoms with Gasteiger partial charge in [-0.15, -0.1) is 0 Å². The number of rotatable bonds is 18. The van der Waals surface area contributed by atoms with Crippen LogP contribution in [0.25, 0.3) is 90.9 Å². The number of nitrogens with one attached hydrogen (secondary N) is 2. The van der Waals surface area contributed by atoms with Gasteiger partial charge in [0.25, 0.3) is 0 Å². The van der Waals surface area contributed by atoms with E-state index in [4.69, 9.17) is 9.97 Å². The quantitative estimate of drug-likeness (QED) is 0.0663. The van der Waals surface area contributed by atoms with Gasteiger partial charge in [-0.05, 0) is 138 Å². The third kappa shape index (κ3) is 10.3. The zero-order valence-electron chi connectivity index (χ0n) is 41.4. The minimum atomic E-state index is -0.0793. The van der Waals surface area contributed by atoms with E-state index >= 15 is 0 Å². The van der Waals surface area contributed by atoms with E-state index in [9.17, 15) is 4.79 Å². The van der Waals surface area contributed by atoms with Crippen LogP contribution in [0.2, 0.25) is 0 Å². The summed E-state index contributed by atoms with van der Waals surface area (Å²) in [7, 11) is 0. The molecular weight excluding hydrogens is 867 g/mol. The highest BCUT2D eigenvalue weighted by atomic mass is 16.1. The van der Waals surface area contributed by atoms with Gasteiger partial charge in [0.05, 0.1) is 22.8 Å². The van der Waals surface area contributed by atoms with Gasteiger partial charge >= 0.3 is 0 Å². The number of carbonyl (C=O) groups excluding carboxylic acids is 1. The summed E-state index contributed by atoms with van der Waals surface area (Å²) in [5, 5.41) is 0. The van der Waals surface area contributed by atoms with Crippen molar-refractivity contribution in [3.8, 4) is 44.5 Å². The van der Waals surface area contributed by atoms with Crippen molar-refractivity contribution >= 4 is 52.2 Å². The van der Waals surface area contributed by atoms with Crippen LogP contribution in [0, 0.1) is 0 Å². The number of aromatic nitrogens is 5. The Kier molecular flexibility index (Phi) is 14.5. The number of hydrogen-bond donors (Lipinski definition) is 2. The van der Waals surface area contributed by atoms with Crippen LogP contribution in [0.5, 0.6) is 0 Å². The average Bonchev–Trinajstić information content (AvgIpc) is 4.27. The van der Waals surface area contributed by atoms with Gasteiger partial charge in [0, 0.05) is 67.8 Å². The van der Waals surface area contributed by atoms with Gasteiger partial charge in [0.1, 0.15) is 0 Å². The Morgan fingerprint density at radius 2 is 0.775 bits per heavy atom. The van der Waals surface area contributed by atoms with Crippen molar-refractivity contribution in [2.75, 3.05) is 0 Å². The van der Waals surface area contributed by atoms with E-state index in [0.29, 0.717) is 11.1 Å². The van der Waals surface area contributed by atoms with E-state index in [0.717, 1.165) is 109 Å². The molecule has 0 fully saturated rings. The largest absolute Gasteiger partial charge is 0.354 e. The second kappa shape index (κ2) is 21.9. The minimum Gasteiger partial charge on any atom is -0.354 e. The number of fused-ring (bicyclic) bond motifs is 8. The summed E-state index contributed by atoms with van der Waals surface area (Å²) in [4.78, 5) is 37.7. The molecule has 0 amide bonds. The predicted molar refractivity (Wildman–Crippen MR) is 298 cm³/mol. The maximum absolute atomic E-state index is 14.5. The highest BCUT2D eigenvalue weighted by Crippen LogP contribution is 2.40. The molecule has 0 radical (unpaired) electrons. The fourth-order valence-corrected chi connectivity index (χ4v) is 10.2. The third-order valence-electron chi connectivity index (χ3n) is 14.1. The Balaban J connectivity index is 1.27. The lowest BCUT2D eigenvalue weighted by Crippen LogP contribution is -2.04. The summed E-state index contributed by atoms with van der Waals surface area (Å²) in [6.45, 7) is 6.76. The molecule has 6 heteroatoms. The molecule has 0 spiro atoms. The van der Waals surface area contributed by atoms with Gasteiger partial charge in [-0.25, -0.2) is 9.97 Å². The standard InChI is InChI=1S/C65H63N5O/c1-4-7-10-15-44-20-26-47(27-21-44)61-53-32-34-55(67-53)62(48-28-22-45(23-29-48)16-11-8-5-2)57-36-38-59(69-57)64(51-18-13-14-19-52(51)65(71)50-40-42-66-43-41-50)60-39-37-58(70-60)63(56-35-33-54(61)68-56)49-30-24-46(25-31-49)17-12-9-6-3/h13-14,18-43,67,70H,4-12,15-17H2,1-3H3. The third-order valence-corrected chi connectivity index (χ3v) is 14.1. The molecule has 0 saturated carbocycles. The number of nitrogens with zero attached hydrogens (tertiary/aromatic N) is 3. The molecule has 354 valence electrons. The van der Waals surface area contributed by atoms with Gasteiger partial charge in [0.2, 0.25) is 0 Å². The molecule has 8 aromatic rings. The lowest BCUT2D eigenvalue weighted by molar-refractivity contribution is 0.103. The molecule has 4 aromatic carbocycles. The summed E-state index contributed by atoms with van der Waals surface area (Å²) < 4.78 is 0. The second-order valence-corrected chi connectivity index (χ2v) is 19.1. The Bertz CT molecular complexity index is 3340. The Labute approximate surface area is 418 Å². The molecule has 6 heterocycles. The van der Waals surface area contributed by atoms with Crippen LogP contribution in [0.1, 0.15) is 134 Å². The van der Waals surface area contributed by atoms with E-state index in [2.05, 4.69) is 157 Å². The molecule has 2 N–H and O–H groups in total. The van der Waals surface area contributed by atoms with Gasteiger partial charge < -0.3 is 9.97 Å². The van der Waals surface area contributed by atoms with Crippen molar-refractivity contribution in [3.05, 3.63) is 196 Å². The van der Waals surface area contributed by atoms with E-state index < -0.39 is 0 Å². The number of benzene rings is 4. The Hall–Kier alpha value is -7.70. The van der Waals surface area contributed by atoms with Crippen molar-refractivity contribution in [2.45, 2.75) is 97.8 Å². The minimum absolute atomic E-state index is 0.0793. The molecule has 0 atom stereocenters. The molecular formula is C65H63N5O. The summed E-state index contributed by atoms with van der Waals surface area (Å²) in [5.41, 5.74) is 20.1. The van der Waals surface area contributed by atoms with Crippen molar-refractivity contribution < 1.29 is 4.79 Å². The number of hydrogen-bond acceptors (Lipinski definition) is 4. The molecule has 8 bridgehead atoms. The first-order valence-electron chi connectivity index (χ1n) is 26.0. The van der Waals surface area contributed by atoms with Gasteiger partial charge in [-0.1, -0.05) is 156 Å². The second-order valence-electron chi connectivity index (χ2n) is 19.1. The first-order chi connectivity index (χ1) is 35.0. The summed E-state index contributed by atoms with van der Waals surface area (Å²) >= 11 is 0. The lowest BCUT2D eigenvalue weighted by Gasteiger charge is -2.11. The molecule has 0 aliphatic carbocycles. The van der Waals surface area contributed by atoms with Gasteiger partial charge in [-0.2, -0.15) is 0 Å². The van der Waals surface area contributed by atoms with Crippen LogP contribution in [-0.2, 0) is 19.3 Å². The number of unbranched alkanes of at least 4 members (excludes halogenated alkanes) is 6. The van der Waals surface area contributed by atoms with E-state index in [-0.39, 0.29) is 5.78 Å². The number of pyridine rings is 1. The zero-order chi connectivity index (χ0) is 48.5. The predicted octanol–water partition coefficient (Wildman–Crippen LogP) is 17.1. The highest BCUT2D eigenvalue weighted by molar-refractivity contribution is 6.14. The molecule has 71 heavy (non-hydrogen) atoms. The number of ketones is 1. The topological polar surface area (TPSA) is 87.3 Å². The van der Waals surface area contributed by atoms with Crippen molar-refractivity contribution in [1.29, 1.82) is 0 Å². The summed E-state index contributed by atoms with van der Waals surface area (Å²) in [5.74, 6) is -0.0793. The molecule has 4 aromatic heterocycles. The van der Waals surface area contributed by atoms with Crippen LogP contribution < -0.4 is 0 Å². The van der Waals surface area contributed by atoms with Crippen molar-refractivity contribution in [2.24, 2.45) is 0 Å². The van der Waals surface area contributed by atoms with Gasteiger partial charge in [0.15, 0.2) is 5.78 Å². The van der Waals surface area contributed by atoms with Gasteiger partial charge in [-0.3, -0.25) is 9.78 Å². The molecule has 2 aliphatic rings. The summed E-state index contributed by atoms with van der Waals surface area (Å²) in [6.07, 6.45) is 25.9. The monoisotopic (exact) mass is 930 g/mol. The molecule has 10 rings (SSSR count). The molecule has 2 aliphatic heterocycles.